The molecular weight excluding hydrogens is 520 g/mol. The number of carboxylic acids is 1. The van der Waals surface area contributed by atoms with Gasteiger partial charge in [-0.2, -0.15) is 0 Å². The smallest absolute Gasteiger partial charge is 0.337 e. The number of aliphatic imine (C=N–C) groups is 2. The van der Waals surface area contributed by atoms with E-state index in [0.29, 0.717) is 22.5 Å². The van der Waals surface area contributed by atoms with Gasteiger partial charge in [0.05, 0.1) is 42.4 Å². The highest BCUT2D eigenvalue weighted by molar-refractivity contribution is 6.02. The van der Waals surface area contributed by atoms with Gasteiger partial charge in [0, 0.05) is 35.3 Å². The van der Waals surface area contributed by atoms with Crippen molar-refractivity contribution < 1.29 is 9.90 Å². The van der Waals surface area contributed by atoms with Crippen LogP contribution in [0.4, 0.5) is 0 Å². The van der Waals surface area contributed by atoms with Gasteiger partial charge < -0.3 is 15.7 Å². The minimum atomic E-state index is -1.09. The number of nitrogens with zero attached hydrogens (tertiary/aromatic N) is 8. The SMILES string of the molecule is O=C(O)c1c(-c2cn(-c3ccc(C4=NCCN4)cc3)nn2)cccc1-c1cn(-c2ccc(C3=NCCN3)cc2)nn1. The van der Waals surface area contributed by atoms with Gasteiger partial charge in [-0.3, -0.25) is 9.98 Å². The average Bonchev–Trinajstić information content (AvgIpc) is 3.84. The highest BCUT2D eigenvalue weighted by atomic mass is 16.4. The lowest BCUT2D eigenvalue weighted by atomic mass is 9.97. The van der Waals surface area contributed by atoms with Crippen LogP contribution in [0.3, 0.4) is 0 Å². The van der Waals surface area contributed by atoms with Crippen LogP contribution >= 0.6 is 0 Å². The Hall–Kier alpha value is -5.65. The Kier molecular flexibility index (Phi) is 6.04. The molecule has 7 rings (SSSR count). The Morgan fingerprint density at radius 1 is 0.683 bits per heavy atom. The van der Waals surface area contributed by atoms with E-state index >= 15 is 0 Å². The molecule has 0 radical (unpaired) electrons. The van der Waals surface area contributed by atoms with Gasteiger partial charge in [0.2, 0.25) is 0 Å². The highest BCUT2D eigenvalue weighted by Gasteiger charge is 2.22. The van der Waals surface area contributed by atoms with E-state index in [1.807, 2.05) is 48.5 Å². The summed E-state index contributed by atoms with van der Waals surface area (Å²) in [7, 11) is 0. The molecule has 0 amide bonds. The number of carbonyl (C=O) groups is 1. The fourth-order valence-electron chi connectivity index (χ4n) is 4.96. The first-order valence-corrected chi connectivity index (χ1v) is 13.1. The first kappa shape index (κ1) is 24.4. The molecule has 2 aliphatic heterocycles. The van der Waals surface area contributed by atoms with Crippen molar-refractivity contribution in [1.29, 1.82) is 0 Å². The number of nitrogens with one attached hydrogen (secondary N) is 2. The van der Waals surface area contributed by atoms with Crippen LogP contribution in [0, 0.1) is 0 Å². The summed E-state index contributed by atoms with van der Waals surface area (Å²) in [6.07, 6.45) is 3.43. The predicted molar refractivity (Wildman–Crippen MR) is 153 cm³/mol. The van der Waals surface area contributed by atoms with E-state index in [9.17, 15) is 9.90 Å². The molecule has 0 saturated heterocycles. The molecule has 12 heteroatoms. The number of rotatable bonds is 7. The second kappa shape index (κ2) is 10.2. The molecule has 12 nitrogen and oxygen atoms in total. The van der Waals surface area contributed by atoms with E-state index in [-0.39, 0.29) is 5.56 Å². The van der Waals surface area contributed by atoms with Crippen LogP contribution in [0.1, 0.15) is 21.5 Å². The minimum absolute atomic E-state index is 0.0768. The van der Waals surface area contributed by atoms with Crippen LogP contribution < -0.4 is 10.6 Å². The summed E-state index contributed by atoms with van der Waals surface area (Å²) in [6.45, 7) is 3.22. The topological polar surface area (TPSA) is 148 Å². The maximum absolute atomic E-state index is 12.5. The molecule has 2 aliphatic rings. The van der Waals surface area contributed by atoms with Gasteiger partial charge in [0.1, 0.15) is 23.1 Å². The number of aromatic nitrogens is 6. The third-order valence-corrected chi connectivity index (χ3v) is 6.98. The second-order valence-corrected chi connectivity index (χ2v) is 9.54. The van der Waals surface area contributed by atoms with Gasteiger partial charge in [0.15, 0.2) is 0 Å². The van der Waals surface area contributed by atoms with Gasteiger partial charge in [-0.05, 0) is 48.5 Å². The van der Waals surface area contributed by atoms with Crippen molar-refractivity contribution in [3.63, 3.8) is 0 Å². The molecule has 0 atom stereocenters. The van der Waals surface area contributed by atoms with Crippen molar-refractivity contribution in [3.05, 3.63) is 95.8 Å². The van der Waals surface area contributed by atoms with Gasteiger partial charge >= 0.3 is 5.97 Å². The number of hydrogen-bond donors (Lipinski definition) is 3. The summed E-state index contributed by atoms with van der Waals surface area (Å²) in [6, 6.07) is 20.8. The Morgan fingerprint density at radius 3 is 1.54 bits per heavy atom. The van der Waals surface area contributed by atoms with Crippen LogP contribution in [0.2, 0.25) is 0 Å². The maximum atomic E-state index is 12.5. The average molecular weight is 545 g/mol. The van der Waals surface area contributed by atoms with Gasteiger partial charge in [-0.15, -0.1) is 10.2 Å². The first-order chi connectivity index (χ1) is 20.1. The van der Waals surface area contributed by atoms with Gasteiger partial charge in [-0.25, -0.2) is 14.2 Å². The van der Waals surface area contributed by atoms with E-state index in [1.54, 1.807) is 40.0 Å². The zero-order chi connectivity index (χ0) is 27.8. The van der Waals surface area contributed by atoms with Crippen molar-refractivity contribution in [2.75, 3.05) is 26.2 Å². The number of carboxylic acid groups (broad SMARTS) is 1. The zero-order valence-electron chi connectivity index (χ0n) is 21.8. The minimum Gasteiger partial charge on any atom is -0.478 e. The van der Waals surface area contributed by atoms with Gasteiger partial charge in [0.25, 0.3) is 0 Å². The Balaban J connectivity index is 1.18. The van der Waals surface area contributed by atoms with Gasteiger partial charge in [-0.1, -0.05) is 28.6 Å². The van der Waals surface area contributed by atoms with Crippen molar-refractivity contribution in [2.24, 2.45) is 9.98 Å². The summed E-state index contributed by atoms with van der Waals surface area (Å²) in [5.74, 6) is 0.663. The van der Waals surface area contributed by atoms with Crippen molar-refractivity contribution in [3.8, 4) is 33.9 Å². The molecule has 0 fully saturated rings. The highest BCUT2D eigenvalue weighted by Crippen LogP contribution is 2.31. The van der Waals surface area contributed by atoms with Crippen LogP contribution in [-0.2, 0) is 0 Å². The van der Waals surface area contributed by atoms with Crippen LogP contribution in [-0.4, -0.2) is 78.9 Å². The van der Waals surface area contributed by atoms with Crippen LogP contribution in [0.5, 0.6) is 0 Å². The summed E-state index contributed by atoms with van der Waals surface area (Å²) in [5, 5.41) is 33.9. The van der Waals surface area contributed by atoms with Crippen molar-refractivity contribution >= 4 is 17.6 Å². The van der Waals surface area contributed by atoms with E-state index in [1.165, 1.54) is 0 Å². The molecule has 41 heavy (non-hydrogen) atoms. The largest absolute Gasteiger partial charge is 0.478 e. The second-order valence-electron chi connectivity index (χ2n) is 9.54. The molecule has 0 aliphatic carbocycles. The Morgan fingerprint density at radius 2 is 1.15 bits per heavy atom. The quantitative estimate of drug-likeness (QED) is 0.283. The van der Waals surface area contributed by atoms with E-state index < -0.39 is 5.97 Å². The third kappa shape index (κ3) is 4.61. The lowest BCUT2D eigenvalue weighted by Crippen LogP contribution is -2.19. The summed E-state index contributed by atoms with van der Waals surface area (Å²) in [4.78, 5) is 21.4. The Labute approximate surface area is 234 Å². The molecule has 0 bridgehead atoms. The predicted octanol–water partition coefficient (Wildman–Crippen LogP) is 2.58. The molecule has 0 spiro atoms. The summed E-state index contributed by atoms with van der Waals surface area (Å²) < 4.78 is 3.24. The molecule has 3 aromatic carbocycles. The Bertz CT molecular complexity index is 1690. The van der Waals surface area contributed by atoms with Crippen LogP contribution in [0.25, 0.3) is 33.9 Å². The molecule has 0 unspecified atom stereocenters. The maximum Gasteiger partial charge on any atom is 0.337 e. The molecule has 5 aromatic rings. The first-order valence-electron chi connectivity index (χ1n) is 13.1. The third-order valence-electron chi connectivity index (χ3n) is 6.98. The number of aromatic carboxylic acids is 1. The molecule has 4 heterocycles. The van der Waals surface area contributed by atoms with Crippen molar-refractivity contribution in [1.82, 2.24) is 40.6 Å². The van der Waals surface area contributed by atoms with Crippen molar-refractivity contribution in [2.45, 2.75) is 0 Å². The summed E-state index contributed by atoms with van der Waals surface area (Å²) >= 11 is 0. The zero-order valence-corrected chi connectivity index (χ0v) is 21.8. The molecule has 2 aromatic heterocycles. The molecule has 3 N–H and O–H groups in total. The fraction of sp³-hybridized carbons (Fsp3) is 0.138. The number of benzene rings is 3. The monoisotopic (exact) mass is 544 g/mol. The summed E-state index contributed by atoms with van der Waals surface area (Å²) in [5.41, 5.74) is 5.40. The standard InChI is InChI=1S/C29H24N10O2/c40-29(41)26-22(24-16-38(36-34-24)20-8-4-18(5-9-20)27-30-12-13-31-27)2-1-3-23(26)25-17-39(37-35-25)21-10-6-19(7-11-21)28-32-14-15-33-28/h1-11,16-17H,12-15H2,(H,30,31)(H,32,33)(H,40,41). The fourth-order valence-corrected chi connectivity index (χ4v) is 4.96. The normalized spacial score (nSPS) is 14.3. The number of hydrogen-bond acceptors (Lipinski definition) is 9. The van der Waals surface area contributed by atoms with E-state index in [4.69, 9.17) is 0 Å². The van der Waals surface area contributed by atoms with E-state index in [2.05, 4.69) is 41.2 Å². The van der Waals surface area contributed by atoms with E-state index in [0.717, 1.165) is 60.4 Å². The molecular formula is C29H24N10O2. The lowest BCUT2D eigenvalue weighted by molar-refractivity contribution is 0.0698. The molecule has 202 valence electrons. The lowest BCUT2D eigenvalue weighted by Gasteiger charge is -2.08. The molecule has 0 saturated carbocycles. The van der Waals surface area contributed by atoms with Crippen LogP contribution in [0.15, 0.2) is 89.1 Å². The number of amidine groups is 2.